The number of sulfonamides is 2. The molecule has 0 spiro atoms. The van der Waals surface area contributed by atoms with E-state index in [4.69, 9.17) is 23.2 Å². The highest BCUT2D eigenvalue weighted by molar-refractivity contribution is 8.13. The molecule has 0 atom stereocenters. The van der Waals surface area contributed by atoms with Gasteiger partial charge in [0.2, 0.25) is 0 Å². The molecule has 6 aromatic carbocycles. The molecule has 0 bridgehead atoms. The molecule has 0 amide bonds. The summed E-state index contributed by atoms with van der Waals surface area (Å²) in [7, 11) is -15.4. The van der Waals surface area contributed by atoms with Gasteiger partial charge in [0.25, 0.3) is 0 Å². The topological polar surface area (TPSA) is 82.4 Å². The Labute approximate surface area is 321 Å². The summed E-state index contributed by atoms with van der Waals surface area (Å²) in [6.45, 7) is 0. The second-order valence-corrected chi connectivity index (χ2v) is 19.7. The van der Waals surface area contributed by atoms with Crippen LogP contribution in [0.25, 0.3) is 14.9 Å². The third-order valence-corrected chi connectivity index (χ3v) is 15.3. The minimum atomic E-state index is -6.72. The lowest BCUT2D eigenvalue weighted by Gasteiger charge is -2.23. The number of benzene rings is 6. The largest absolute Gasteiger partial charge is 0.480 e. The molecule has 0 fully saturated rings. The van der Waals surface area contributed by atoms with Crippen LogP contribution in [0.3, 0.4) is 0 Å². The van der Waals surface area contributed by atoms with Crippen LogP contribution in [-0.4, -0.2) is 33.2 Å². The van der Waals surface area contributed by atoms with Gasteiger partial charge >= 0.3 is 11.0 Å². The highest BCUT2D eigenvalue weighted by atomic mass is 35.5. The van der Waals surface area contributed by atoms with Crippen LogP contribution < -0.4 is 31.8 Å². The first-order chi connectivity index (χ1) is 25.5. The fraction of sp³-hybridized carbons (Fsp3) is 0.0811. The smallest absolute Gasteiger partial charge is 0.421 e. The lowest BCUT2D eigenvalue weighted by Crippen LogP contribution is -2.30. The summed E-state index contributed by atoms with van der Waals surface area (Å²) in [4.78, 5) is 0. The molecule has 6 aromatic rings. The molecule has 0 unspecified atom stereocenters. The zero-order valence-electron chi connectivity index (χ0n) is 27.6. The predicted molar refractivity (Wildman–Crippen MR) is 213 cm³/mol. The van der Waals surface area contributed by atoms with E-state index < -0.39 is 46.9 Å². The van der Waals surface area contributed by atoms with E-state index in [0.29, 0.717) is 0 Å². The van der Waals surface area contributed by atoms with Crippen LogP contribution in [0.15, 0.2) is 158 Å². The first-order valence-electron chi connectivity index (χ1n) is 15.4. The molecule has 0 aliphatic carbocycles. The van der Waals surface area contributed by atoms with E-state index >= 15 is 0 Å². The van der Waals surface area contributed by atoms with Crippen molar-refractivity contribution in [2.75, 3.05) is 5.34 Å². The third kappa shape index (κ3) is 10.8. The minimum Gasteiger partial charge on any atom is -0.421 e. The Hall–Kier alpha value is -3.54. The summed E-state index contributed by atoms with van der Waals surface area (Å²) in [6, 6.07) is 58.0. The van der Waals surface area contributed by atoms with Gasteiger partial charge in [-0.3, -0.25) is 0 Å². The highest BCUT2D eigenvalue weighted by Gasteiger charge is 2.47. The molecule has 5 nitrogen and oxygen atoms in total. The Morgan fingerprint density at radius 3 is 1.24 bits per heavy atom. The number of halogens is 8. The van der Waals surface area contributed by atoms with Crippen molar-refractivity contribution in [3.63, 3.8) is 0 Å². The molecule has 0 aliphatic heterocycles. The average molecular weight is 863 g/mol. The van der Waals surface area contributed by atoms with Gasteiger partial charge < -0.3 is 4.13 Å². The van der Waals surface area contributed by atoms with Gasteiger partial charge in [-0.05, 0) is 59.6 Å². The maximum absolute atomic E-state index is 11.4. The van der Waals surface area contributed by atoms with Crippen LogP contribution in [0.1, 0.15) is 0 Å². The fourth-order valence-corrected chi connectivity index (χ4v) is 12.3. The van der Waals surface area contributed by atoms with Crippen molar-refractivity contribution in [3.8, 4) is 0 Å². The number of alkyl halides is 8. The van der Waals surface area contributed by atoms with Crippen LogP contribution in [-0.2, 0) is 20.0 Å². The van der Waals surface area contributed by atoms with E-state index in [1.807, 2.05) is 0 Å². The van der Waals surface area contributed by atoms with Crippen molar-refractivity contribution in [3.05, 3.63) is 162 Å². The van der Waals surface area contributed by atoms with Crippen molar-refractivity contribution >= 4 is 102 Å². The Morgan fingerprint density at radius 1 is 0.519 bits per heavy atom. The van der Waals surface area contributed by atoms with Gasteiger partial charge in [0.1, 0.15) is 15.9 Å². The molecular formula is C37H29Cl2F6NO4P2S2. The van der Waals surface area contributed by atoms with Crippen LogP contribution in [0.2, 0.25) is 0 Å². The van der Waals surface area contributed by atoms with E-state index in [2.05, 4.69) is 158 Å². The molecular weight excluding hydrogens is 833 g/mol. The number of hydrogen-bond donors (Lipinski definition) is 0. The van der Waals surface area contributed by atoms with Gasteiger partial charge in [-0.15, -0.1) is 23.2 Å². The normalized spacial score (nSPS) is 12.1. The van der Waals surface area contributed by atoms with E-state index in [0.717, 1.165) is 4.13 Å². The number of nitrogens with zero attached hydrogens (tertiary/aromatic N) is 1. The number of rotatable bonds is 8. The van der Waals surface area contributed by atoms with E-state index in [-0.39, 0.29) is 5.34 Å². The molecule has 54 heavy (non-hydrogen) atoms. The van der Waals surface area contributed by atoms with Gasteiger partial charge in [0.15, 0.2) is 20.0 Å². The summed E-state index contributed by atoms with van der Waals surface area (Å²) >= 11 is 9.53. The van der Waals surface area contributed by atoms with E-state index in [1.165, 1.54) is 42.6 Å². The zero-order valence-corrected chi connectivity index (χ0v) is 32.6. The maximum Gasteiger partial charge on any atom is 0.480 e. The molecule has 0 heterocycles. The molecule has 0 aromatic heterocycles. The molecule has 0 saturated heterocycles. The lowest BCUT2D eigenvalue weighted by molar-refractivity contribution is -0.0444. The zero-order chi connectivity index (χ0) is 39.6. The first-order valence-corrected chi connectivity index (χ1v) is 22.2. The molecule has 6 rings (SSSR count). The van der Waals surface area contributed by atoms with Crippen LogP contribution in [0.4, 0.5) is 26.3 Å². The lowest BCUT2D eigenvalue weighted by atomic mass is 10.1. The molecule has 17 heteroatoms. The molecule has 0 saturated carbocycles. The molecule has 0 radical (unpaired) electrons. The summed E-state index contributed by atoms with van der Waals surface area (Å²) < 4.78 is 109. The quantitative estimate of drug-likeness (QED) is 0.0873. The molecule has 284 valence electrons. The van der Waals surface area contributed by atoms with E-state index in [1.54, 1.807) is 0 Å². The Morgan fingerprint density at radius 2 is 0.870 bits per heavy atom. The van der Waals surface area contributed by atoms with Crippen molar-refractivity contribution in [1.29, 1.82) is 0 Å². The van der Waals surface area contributed by atoms with Crippen molar-refractivity contribution in [2.24, 2.45) is 0 Å². The van der Waals surface area contributed by atoms with Gasteiger partial charge in [0.05, 0.1) is 13.3 Å². The number of hydrogen-bond acceptors (Lipinski definition) is 4. The Kier molecular flexibility index (Phi) is 15.1. The van der Waals surface area contributed by atoms with Gasteiger partial charge in [-0.1, -0.05) is 127 Å². The first kappa shape index (κ1) is 43.2. The SMILES string of the molecule is ClCCl.O=S(=O)([N-]S(=O)(=O)C(F)(F)F)C(F)(F)F.c1ccc(P(c2ccccc2)c2cccc3cccc([PH+](c4ccccc4)c4ccccc4)c23)cc1. The third-order valence-electron chi connectivity index (χ3n) is 7.33. The predicted octanol–water partition coefficient (Wildman–Crippen LogP) is 8.57. The van der Waals surface area contributed by atoms with E-state index in [9.17, 15) is 43.2 Å². The second-order valence-electron chi connectivity index (χ2n) is 10.8. The van der Waals surface area contributed by atoms with Crippen LogP contribution in [0, 0.1) is 0 Å². The van der Waals surface area contributed by atoms with Crippen LogP contribution >= 0.6 is 39.0 Å². The standard InChI is InChI=1S/C34H26P2.C2F6NO4S2.CH2Cl2/c1-5-17-28(18-6-1)35(29-19-7-2-8-20-29)32-25-13-15-27-16-14-26-33(34(27)32)36(30-21-9-3-10-22-30)31-23-11-4-12-24-31;3-1(4,5)14(10,11)9-15(12,13)2(6,7)8;2-1-3/h1-26H;;1H2/q;-1;/p+1. The van der Waals surface area contributed by atoms with Gasteiger partial charge in [-0.2, -0.15) is 26.3 Å². The summed E-state index contributed by atoms with van der Waals surface area (Å²) in [5, 5.41) is 11.4. The monoisotopic (exact) mass is 861 g/mol. The van der Waals surface area contributed by atoms with Crippen molar-refractivity contribution < 1.29 is 43.2 Å². The fourth-order valence-electron chi connectivity index (χ4n) is 5.20. The number of fused-ring (bicyclic) bond motifs is 1. The Balaban J connectivity index is 0.000000305. The molecule has 0 N–H and O–H groups in total. The average Bonchev–Trinajstić information content (AvgIpc) is 3.13. The maximum atomic E-state index is 11.4. The summed E-state index contributed by atoms with van der Waals surface area (Å²) in [5.74, 6) is 0. The van der Waals surface area contributed by atoms with Crippen molar-refractivity contribution in [1.82, 2.24) is 0 Å². The summed E-state index contributed by atoms with van der Waals surface area (Å²) in [6.07, 6.45) is 0. The van der Waals surface area contributed by atoms with Gasteiger partial charge in [-0.25, -0.2) is 16.8 Å². The van der Waals surface area contributed by atoms with Crippen molar-refractivity contribution in [2.45, 2.75) is 11.0 Å². The molecule has 0 aliphatic rings. The Bertz CT molecular complexity index is 2090. The highest BCUT2D eigenvalue weighted by Crippen LogP contribution is 2.40. The summed E-state index contributed by atoms with van der Waals surface area (Å²) in [5.41, 5.74) is -12.4. The van der Waals surface area contributed by atoms with Crippen LogP contribution in [0.5, 0.6) is 0 Å². The second kappa shape index (κ2) is 18.9. The minimum absolute atomic E-state index is 0.194. The van der Waals surface area contributed by atoms with Gasteiger partial charge in [0, 0.05) is 5.39 Å².